The second-order valence-electron chi connectivity index (χ2n) is 10.4. The van der Waals surface area contributed by atoms with Crippen molar-refractivity contribution in [3.05, 3.63) is 76.3 Å². The summed E-state index contributed by atoms with van der Waals surface area (Å²) in [4.78, 5) is 11.6. The number of sulfonamides is 1. The molecule has 0 fully saturated rings. The van der Waals surface area contributed by atoms with Crippen molar-refractivity contribution in [3.8, 4) is 22.6 Å². The van der Waals surface area contributed by atoms with Crippen LogP contribution in [0, 0.1) is 13.8 Å². The van der Waals surface area contributed by atoms with Crippen LogP contribution in [0.15, 0.2) is 48.5 Å². The first-order valence-electron chi connectivity index (χ1n) is 13.0. The number of phenolic OH excluding ortho intramolecular Hbond substituents is 1. The Bertz CT molecular complexity index is 1460. The van der Waals surface area contributed by atoms with Gasteiger partial charge in [0.05, 0.1) is 23.6 Å². The predicted octanol–water partition coefficient (Wildman–Crippen LogP) is 4.96. The normalized spacial score (nSPS) is 13.2. The van der Waals surface area contributed by atoms with Gasteiger partial charge in [-0.15, -0.1) is 0 Å². The summed E-state index contributed by atoms with van der Waals surface area (Å²) in [6, 6.07) is 13.4. The zero-order chi connectivity index (χ0) is 29.8. The molecule has 2 atom stereocenters. The summed E-state index contributed by atoms with van der Waals surface area (Å²) < 4.78 is 31.4. The highest BCUT2D eigenvalue weighted by atomic mass is 32.2. The number of hydrogen-bond acceptors (Lipinski definition) is 7. The van der Waals surface area contributed by atoms with Crippen molar-refractivity contribution in [3.63, 3.8) is 0 Å². The number of aromatic hydroxyl groups is 1. The number of hydrogen-bond donors (Lipinski definition) is 5. The summed E-state index contributed by atoms with van der Waals surface area (Å²) in [7, 11) is -3.59. The molecule has 0 unspecified atom stereocenters. The Morgan fingerprint density at radius 2 is 1.62 bits per heavy atom. The molecule has 5 N–H and O–H groups in total. The van der Waals surface area contributed by atoms with Gasteiger partial charge in [-0.1, -0.05) is 32.0 Å². The minimum absolute atomic E-state index is 0.00207. The molecular formula is C30H38N2O7S. The lowest BCUT2D eigenvalue weighted by atomic mass is 9.91. The van der Waals surface area contributed by atoms with Gasteiger partial charge in [0.2, 0.25) is 10.0 Å². The van der Waals surface area contributed by atoms with E-state index < -0.39 is 22.1 Å². The van der Waals surface area contributed by atoms with Crippen molar-refractivity contribution in [2.45, 2.75) is 52.7 Å². The van der Waals surface area contributed by atoms with Gasteiger partial charge in [-0.3, -0.25) is 4.72 Å². The number of aryl methyl sites for hydroxylation is 2. The average Bonchev–Trinajstić information content (AvgIpc) is 2.87. The molecule has 0 aliphatic heterocycles. The predicted molar refractivity (Wildman–Crippen MR) is 157 cm³/mol. The van der Waals surface area contributed by atoms with Crippen molar-refractivity contribution < 1.29 is 33.3 Å². The third-order valence-corrected chi connectivity index (χ3v) is 7.23. The molecule has 9 nitrogen and oxygen atoms in total. The van der Waals surface area contributed by atoms with Crippen LogP contribution in [0.5, 0.6) is 11.5 Å². The lowest BCUT2D eigenvalue weighted by Gasteiger charge is -2.22. The number of aliphatic hydroxyl groups is 1. The van der Waals surface area contributed by atoms with Crippen molar-refractivity contribution in [2.75, 3.05) is 24.1 Å². The molecule has 0 spiro atoms. The smallest absolute Gasteiger partial charge is 0.335 e. The molecule has 0 radical (unpaired) electrons. The highest BCUT2D eigenvalue weighted by molar-refractivity contribution is 7.92. The number of anilines is 1. The molecule has 3 rings (SSSR count). The molecule has 3 aromatic rings. The SMILES string of the molecule is Cc1cc(-c2ccc(C(=O)O)c(C(C)C)c2)cc(C)c1OCCN[C@@H](C)[C@@H](O)c1ccc(O)c(NS(C)(=O)=O)c1. The summed E-state index contributed by atoms with van der Waals surface area (Å²) >= 11 is 0. The van der Waals surface area contributed by atoms with Gasteiger partial charge >= 0.3 is 5.97 Å². The first kappa shape index (κ1) is 30.9. The fourth-order valence-corrected chi connectivity index (χ4v) is 5.18. The van der Waals surface area contributed by atoms with E-state index in [1.54, 1.807) is 13.0 Å². The van der Waals surface area contributed by atoms with Gasteiger partial charge in [-0.05, 0) is 90.4 Å². The summed E-state index contributed by atoms with van der Waals surface area (Å²) in [6.07, 6.45) is 0.0318. The second-order valence-corrected chi connectivity index (χ2v) is 12.1. The Balaban J connectivity index is 1.64. The lowest BCUT2D eigenvalue weighted by Crippen LogP contribution is -2.35. The highest BCUT2D eigenvalue weighted by Crippen LogP contribution is 2.33. The zero-order valence-electron chi connectivity index (χ0n) is 23.6. The summed E-state index contributed by atoms with van der Waals surface area (Å²) in [5.74, 6) is -0.326. The maximum absolute atomic E-state index is 11.6. The van der Waals surface area contributed by atoms with Crippen molar-refractivity contribution in [2.24, 2.45) is 0 Å². The first-order valence-corrected chi connectivity index (χ1v) is 14.9. The van der Waals surface area contributed by atoms with Crippen LogP contribution in [0.25, 0.3) is 11.1 Å². The molecular weight excluding hydrogens is 532 g/mol. The van der Waals surface area contributed by atoms with Gasteiger partial charge in [0.25, 0.3) is 0 Å². The maximum atomic E-state index is 11.6. The number of phenols is 1. The van der Waals surface area contributed by atoms with E-state index in [9.17, 15) is 28.5 Å². The number of benzene rings is 3. The largest absolute Gasteiger partial charge is 0.506 e. The molecule has 0 heterocycles. The topological polar surface area (TPSA) is 145 Å². The summed E-state index contributed by atoms with van der Waals surface area (Å²) in [6.45, 7) is 10.5. The van der Waals surface area contributed by atoms with E-state index in [4.69, 9.17) is 4.74 Å². The zero-order valence-corrected chi connectivity index (χ0v) is 24.5. The van der Waals surface area contributed by atoms with Crippen molar-refractivity contribution in [1.82, 2.24) is 5.32 Å². The minimum Gasteiger partial charge on any atom is -0.506 e. The number of aromatic carboxylic acids is 1. The van der Waals surface area contributed by atoms with Crippen LogP contribution in [0.4, 0.5) is 5.69 Å². The van der Waals surface area contributed by atoms with E-state index in [1.165, 1.54) is 18.2 Å². The second kappa shape index (κ2) is 12.7. The molecule has 0 bridgehead atoms. The van der Waals surface area contributed by atoms with Crippen molar-refractivity contribution in [1.29, 1.82) is 0 Å². The van der Waals surface area contributed by atoms with E-state index in [0.29, 0.717) is 24.3 Å². The molecule has 0 aromatic heterocycles. The Kier molecular flexibility index (Phi) is 9.83. The fourth-order valence-electron chi connectivity index (χ4n) is 4.62. The van der Waals surface area contributed by atoms with E-state index in [-0.39, 0.29) is 23.4 Å². The van der Waals surface area contributed by atoms with Crippen LogP contribution in [0.3, 0.4) is 0 Å². The first-order chi connectivity index (χ1) is 18.7. The number of nitrogens with one attached hydrogen (secondary N) is 2. The Labute approximate surface area is 235 Å². The number of ether oxygens (including phenoxy) is 1. The molecule has 0 saturated heterocycles. The van der Waals surface area contributed by atoms with E-state index in [2.05, 4.69) is 10.0 Å². The third kappa shape index (κ3) is 7.74. The minimum atomic E-state index is -3.59. The molecule has 0 amide bonds. The van der Waals surface area contributed by atoms with Gasteiger partial charge in [0.1, 0.15) is 18.1 Å². The number of carboxylic acid groups (broad SMARTS) is 1. The number of aliphatic hydroxyl groups excluding tert-OH is 1. The third-order valence-electron chi connectivity index (χ3n) is 6.64. The Morgan fingerprint density at radius 3 is 2.20 bits per heavy atom. The highest BCUT2D eigenvalue weighted by Gasteiger charge is 2.19. The quantitative estimate of drug-likeness (QED) is 0.152. The van der Waals surface area contributed by atoms with Gasteiger partial charge in [-0.25, -0.2) is 13.2 Å². The monoisotopic (exact) mass is 570 g/mol. The van der Waals surface area contributed by atoms with Crippen LogP contribution in [0.2, 0.25) is 0 Å². The van der Waals surface area contributed by atoms with Gasteiger partial charge in [-0.2, -0.15) is 0 Å². The maximum Gasteiger partial charge on any atom is 0.335 e. The van der Waals surface area contributed by atoms with Crippen LogP contribution in [-0.4, -0.2) is 55.2 Å². The van der Waals surface area contributed by atoms with Crippen LogP contribution in [-0.2, 0) is 10.0 Å². The average molecular weight is 571 g/mol. The number of rotatable bonds is 12. The van der Waals surface area contributed by atoms with Gasteiger partial charge in [0.15, 0.2) is 0 Å². The molecule has 10 heteroatoms. The standard InChI is InChI=1S/C30H38N2O7S/c1-17(2)25-15-21(7-9-24(25)30(35)36)23-13-18(3)29(19(4)14-23)39-12-11-31-20(5)28(34)22-8-10-27(33)26(16-22)32-40(6,37)38/h7-10,13-17,20,28,31-34H,11-12H2,1-6H3,(H,35,36)/t20-,28+/m0/s1. The fraction of sp³-hybridized carbons (Fsp3) is 0.367. The van der Waals surface area contributed by atoms with Gasteiger partial charge < -0.3 is 25.4 Å². The molecule has 0 aliphatic rings. The van der Waals surface area contributed by atoms with Gasteiger partial charge in [0, 0.05) is 12.6 Å². The Morgan fingerprint density at radius 1 is 0.975 bits per heavy atom. The number of carboxylic acids is 1. The molecule has 3 aromatic carbocycles. The van der Waals surface area contributed by atoms with Crippen LogP contribution < -0.4 is 14.8 Å². The number of carbonyl (C=O) groups is 1. The Hall–Kier alpha value is -3.60. The van der Waals surface area contributed by atoms with Crippen LogP contribution >= 0.6 is 0 Å². The van der Waals surface area contributed by atoms with Crippen molar-refractivity contribution >= 4 is 21.7 Å². The summed E-state index contributed by atoms with van der Waals surface area (Å²) in [5, 5.41) is 33.4. The molecule has 0 saturated carbocycles. The van der Waals surface area contributed by atoms with E-state index in [0.717, 1.165) is 39.8 Å². The van der Waals surface area contributed by atoms with Crippen LogP contribution in [0.1, 0.15) is 65.4 Å². The molecule has 0 aliphatic carbocycles. The molecule has 40 heavy (non-hydrogen) atoms. The van der Waals surface area contributed by atoms with E-state index >= 15 is 0 Å². The molecule has 216 valence electrons. The van der Waals surface area contributed by atoms with E-state index in [1.807, 2.05) is 52.0 Å². The lowest BCUT2D eigenvalue weighted by molar-refractivity contribution is 0.0695. The summed E-state index contributed by atoms with van der Waals surface area (Å²) in [5.41, 5.74) is 5.38.